The maximum absolute atomic E-state index is 13.4. The zero-order valence-corrected chi connectivity index (χ0v) is 17.9. The highest BCUT2D eigenvalue weighted by molar-refractivity contribution is 7.93. The molecule has 8 nitrogen and oxygen atoms in total. The number of nitrogens with one attached hydrogen (secondary N) is 1. The zero-order chi connectivity index (χ0) is 21.5. The molecule has 1 aliphatic rings. The van der Waals surface area contributed by atoms with Crippen molar-refractivity contribution in [1.29, 1.82) is 0 Å². The van der Waals surface area contributed by atoms with Gasteiger partial charge in [-0.3, -0.25) is 13.8 Å². The molecule has 0 bridgehead atoms. The van der Waals surface area contributed by atoms with Crippen molar-refractivity contribution in [2.24, 2.45) is 0 Å². The number of rotatable bonds is 6. The highest BCUT2D eigenvalue weighted by atomic mass is 32.2. The minimum Gasteiger partial charge on any atom is -0.467 e. The Morgan fingerprint density at radius 1 is 1.23 bits per heavy atom. The normalized spacial score (nSPS) is 14.6. The molecule has 0 spiro atoms. The number of sulfonamides is 1. The Kier molecular flexibility index (Phi) is 5.15. The number of nitrogens with zero attached hydrogens (tertiary/aromatic N) is 3. The summed E-state index contributed by atoms with van der Waals surface area (Å²) < 4.78 is 35.0. The van der Waals surface area contributed by atoms with Crippen LogP contribution < -0.4 is 9.62 Å². The van der Waals surface area contributed by atoms with Crippen LogP contribution >= 0.6 is 0 Å². The number of carbonyl (C=O) groups excluding carboxylic acids is 1. The number of benzene rings is 1. The van der Waals surface area contributed by atoms with Gasteiger partial charge in [0.1, 0.15) is 17.2 Å². The molecule has 1 amide bonds. The van der Waals surface area contributed by atoms with Gasteiger partial charge < -0.3 is 9.73 Å². The van der Waals surface area contributed by atoms with Crippen molar-refractivity contribution in [3.05, 3.63) is 65.4 Å². The summed E-state index contributed by atoms with van der Waals surface area (Å²) in [6.07, 6.45) is 2.22. The smallest absolute Gasteiger partial charge is 0.268 e. The molecule has 158 valence electrons. The SMILES string of the molecule is Cc1nn(CC(=O)N[C@@H](C)c2ccco2)c(C)c1S(=O)(=O)N1CCc2ccccc21. The van der Waals surface area contributed by atoms with Crippen LogP contribution in [0.5, 0.6) is 0 Å². The van der Waals surface area contributed by atoms with E-state index in [0.29, 0.717) is 35.8 Å². The molecule has 0 saturated carbocycles. The van der Waals surface area contributed by atoms with Crippen molar-refractivity contribution < 1.29 is 17.6 Å². The van der Waals surface area contributed by atoms with E-state index in [-0.39, 0.29) is 23.4 Å². The highest BCUT2D eigenvalue weighted by Gasteiger charge is 2.35. The fourth-order valence-corrected chi connectivity index (χ4v) is 5.79. The second kappa shape index (κ2) is 7.64. The molecule has 3 aromatic rings. The van der Waals surface area contributed by atoms with Crippen LogP contribution in [0.15, 0.2) is 52.0 Å². The number of aromatic nitrogens is 2. The van der Waals surface area contributed by atoms with Crippen LogP contribution in [-0.2, 0) is 27.8 Å². The summed E-state index contributed by atoms with van der Waals surface area (Å²) in [6.45, 7) is 5.47. The average molecular weight is 429 g/mol. The molecule has 4 rings (SSSR count). The number of fused-ring (bicyclic) bond motifs is 1. The molecule has 2 aromatic heterocycles. The standard InChI is InChI=1S/C21H24N4O4S/c1-14(19-9-6-12-29-19)22-20(26)13-24-16(3)21(15(2)23-24)30(27,28)25-11-10-17-7-4-5-8-18(17)25/h4-9,12,14H,10-11,13H2,1-3H3,(H,22,26)/t14-/m0/s1. The Bertz CT molecular complexity index is 1180. The van der Waals surface area contributed by atoms with Crippen LogP contribution in [0.3, 0.4) is 0 Å². The lowest BCUT2D eigenvalue weighted by Crippen LogP contribution is -2.31. The Labute approximate surface area is 175 Å². The van der Waals surface area contributed by atoms with Crippen LogP contribution in [0.2, 0.25) is 0 Å². The first-order valence-electron chi connectivity index (χ1n) is 9.76. The summed E-state index contributed by atoms with van der Waals surface area (Å²) in [5.74, 6) is 0.368. The van der Waals surface area contributed by atoms with Crippen LogP contribution in [0.4, 0.5) is 5.69 Å². The van der Waals surface area contributed by atoms with Crippen LogP contribution in [0.25, 0.3) is 0 Å². The third kappa shape index (κ3) is 3.49. The predicted octanol–water partition coefficient (Wildman–Crippen LogP) is 2.72. The zero-order valence-electron chi connectivity index (χ0n) is 17.1. The van der Waals surface area contributed by atoms with Gasteiger partial charge >= 0.3 is 0 Å². The molecule has 1 aromatic carbocycles. The lowest BCUT2D eigenvalue weighted by molar-refractivity contribution is -0.122. The van der Waals surface area contributed by atoms with Crippen molar-refractivity contribution in [1.82, 2.24) is 15.1 Å². The van der Waals surface area contributed by atoms with Crippen molar-refractivity contribution in [3.8, 4) is 0 Å². The number of hydrogen-bond donors (Lipinski definition) is 1. The van der Waals surface area contributed by atoms with Crippen LogP contribution in [0.1, 0.15) is 35.7 Å². The highest BCUT2D eigenvalue weighted by Crippen LogP contribution is 2.34. The molecule has 3 heterocycles. The maximum atomic E-state index is 13.4. The van der Waals surface area contributed by atoms with E-state index >= 15 is 0 Å². The van der Waals surface area contributed by atoms with E-state index in [9.17, 15) is 13.2 Å². The molecule has 9 heteroatoms. The number of furan rings is 1. The lowest BCUT2D eigenvalue weighted by Gasteiger charge is -2.19. The Balaban J connectivity index is 1.57. The van der Waals surface area contributed by atoms with Crippen molar-refractivity contribution >= 4 is 21.6 Å². The van der Waals surface area contributed by atoms with Crippen molar-refractivity contribution in [3.63, 3.8) is 0 Å². The minimum atomic E-state index is -3.78. The fraction of sp³-hybridized carbons (Fsp3) is 0.333. The fourth-order valence-electron chi connectivity index (χ4n) is 3.91. The molecule has 0 unspecified atom stereocenters. The molecule has 0 fully saturated rings. The largest absolute Gasteiger partial charge is 0.467 e. The molecule has 1 aliphatic heterocycles. The lowest BCUT2D eigenvalue weighted by atomic mass is 10.2. The predicted molar refractivity (Wildman–Crippen MR) is 112 cm³/mol. The first-order valence-corrected chi connectivity index (χ1v) is 11.2. The average Bonchev–Trinajstić information content (AvgIpc) is 3.41. The van der Waals surface area contributed by atoms with Gasteiger partial charge in [0.25, 0.3) is 10.0 Å². The van der Waals surface area contributed by atoms with Gasteiger partial charge in [-0.2, -0.15) is 5.10 Å². The van der Waals surface area contributed by atoms with Gasteiger partial charge in [0, 0.05) is 6.54 Å². The van der Waals surface area contributed by atoms with Crippen LogP contribution in [-0.4, -0.2) is 30.7 Å². The summed E-state index contributed by atoms with van der Waals surface area (Å²) >= 11 is 0. The van der Waals surface area contributed by atoms with Crippen molar-refractivity contribution in [2.45, 2.75) is 44.7 Å². The summed E-state index contributed by atoms with van der Waals surface area (Å²) in [6, 6.07) is 10.7. The van der Waals surface area contributed by atoms with E-state index in [4.69, 9.17) is 4.42 Å². The Morgan fingerprint density at radius 3 is 2.73 bits per heavy atom. The molecule has 0 aliphatic carbocycles. The van der Waals surface area contributed by atoms with E-state index in [1.807, 2.05) is 31.2 Å². The quantitative estimate of drug-likeness (QED) is 0.651. The van der Waals surface area contributed by atoms with Gasteiger partial charge in [0.2, 0.25) is 5.91 Å². The molecular formula is C21H24N4O4S. The van der Waals surface area contributed by atoms with Gasteiger partial charge in [0.15, 0.2) is 0 Å². The molecule has 0 radical (unpaired) electrons. The Morgan fingerprint density at radius 2 is 2.00 bits per heavy atom. The van der Waals surface area contributed by atoms with E-state index in [2.05, 4.69) is 10.4 Å². The molecule has 30 heavy (non-hydrogen) atoms. The molecule has 0 saturated heterocycles. The number of hydrogen-bond acceptors (Lipinski definition) is 5. The number of aryl methyl sites for hydroxylation is 1. The molecule has 1 atom stereocenters. The van der Waals surface area contributed by atoms with E-state index < -0.39 is 10.0 Å². The van der Waals surface area contributed by atoms with Crippen LogP contribution in [0, 0.1) is 13.8 Å². The number of amides is 1. The van der Waals surface area contributed by atoms with Gasteiger partial charge in [-0.25, -0.2) is 8.42 Å². The van der Waals surface area contributed by atoms with Gasteiger partial charge in [-0.15, -0.1) is 0 Å². The van der Waals surface area contributed by atoms with E-state index in [0.717, 1.165) is 5.56 Å². The number of para-hydroxylation sites is 1. The number of anilines is 1. The summed E-state index contributed by atoms with van der Waals surface area (Å²) in [4.78, 5) is 12.6. The topological polar surface area (TPSA) is 97.4 Å². The Hall–Kier alpha value is -3.07. The van der Waals surface area contributed by atoms with Gasteiger partial charge in [0.05, 0.1) is 29.4 Å². The monoisotopic (exact) mass is 428 g/mol. The number of carbonyl (C=O) groups is 1. The minimum absolute atomic E-state index is 0.0795. The summed E-state index contributed by atoms with van der Waals surface area (Å²) in [5.41, 5.74) is 2.53. The van der Waals surface area contributed by atoms with Gasteiger partial charge in [-0.1, -0.05) is 18.2 Å². The van der Waals surface area contributed by atoms with E-state index in [1.54, 1.807) is 32.2 Å². The van der Waals surface area contributed by atoms with E-state index in [1.165, 1.54) is 8.99 Å². The molecule has 1 N–H and O–H groups in total. The second-order valence-corrected chi connectivity index (χ2v) is 9.22. The third-order valence-corrected chi connectivity index (χ3v) is 7.41. The third-order valence-electron chi connectivity index (χ3n) is 5.35. The van der Waals surface area contributed by atoms with Gasteiger partial charge in [-0.05, 0) is 51.0 Å². The summed E-state index contributed by atoms with van der Waals surface area (Å²) in [7, 11) is -3.78. The molecular weight excluding hydrogens is 404 g/mol. The second-order valence-electron chi connectivity index (χ2n) is 7.42. The summed E-state index contributed by atoms with van der Waals surface area (Å²) in [5, 5.41) is 7.18. The maximum Gasteiger partial charge on any atom is 0.268 e. The first-order chi connectivity index (χ1) is 14.3. The first kappa shape index (κ1) is 20.2. The van der Waals surface area contributed by atoms with Crippen molar-refractivity contribution in [2.75, 3.05) is 10.8 Å².